The lowest BCUT2D eigenvalue weighted by molar-refractivity contribution is -0.139. The minimum Gasteiger partial charge on any atom is -0.497 e. The first-order valence-corrected chi connectivity index (χ1v) is 14.8. The number of alkyl halides is 3. The summed E-state index contributed by atoms with van der Waals surface area (Å²) < 4.78 is 74.1. The third-order valence-electron chi connectivity index (χ3n) is 6.56. The number of nitrogens with zero attached hydrogens (tertiary/aromatic N) is 2. The van der Waals surface area contributed by atoms with Crippen LogP contribution in [0.4, 0.5) is 18.9 Å². The first-order valence-electron chi connectivity index (χ1n) is 13.3. The Balaban J connectivity index is 2.06. The van der Waals surface area contributed by atoms with Crippen LogP contribution in [0.2, 0.25) is 0 Å². The van der Waals surface area contributed by atoms with Crippen molar-refractivity contribution in [2.75, 3.05) is 24.5 Å². The molecular formula is C30H34F3N3O5S. The Morgan fingerprint density at radius 3 is 2.31 bits per heavy atom. The van der Waals surface area contributed by atoms with Gasteiger partial charge in [0.15, 0.2) is 0 Å². The average Bonchev–Trinajstić information content (AvgIpc) is 2.98. The van der Waals surface area contributed by atoms with Crippen LogP contribution in [0.3, 0.4) is 0 Å². The molecule has 8 nitrogen and oxygen atoms in total. The van der Waals surface area contributed by atoms with Gasteiger partial charge < -0.3 is 15.0 Å². The summed E-state index contributed by atoms with van der Waals surface area (Å²) in [5.41, 5.74) is -0.812. The highest BCUT2D eigenvalue weighted by Gasteiger charge is 2.35. The molecule has 0 aliphatic rings. The van der Waals surface area contributed by atoms with Crippen LogP contribution in [0.1, 0.15) is 37.8 Å². The number of carbonyl (C=O) groups excluding carboxylic acids is 2. The highest BCUT2D eigenvalue weighted by molar-refractivity contribution is 7.92. The highest BCUT2D eigenvalue weighted by atomic mass is 32.2. The Bertz CT molecular complexity index is 1470. The molecule has 42 heavy (non-hydrogen) atoms. The summed E-state index contributed by atoms with van der Waals surface area (Å²) in [6.45, 7) is 2.93. The lowest BCUT2D eigenvalue weighted by Gasteiger charge is -2.32. The van der Waals surface area contributed by atoms with Crippen LogP contribution in [-0.4, -0.2) is 51.4 Å². The normalized spacial score (nSPS) is 12.3. The number of halogens is 3. The first kappa shape index (κ1) is 32.5. The second kappa shape index (κ2) is 14.2. The van der Waals surface area contributed by atoms with E-state index in [2.05, 4.69) is 5.32 Å². The molecule has 0 radical (unpaired) electrons. The number of ether oxygens (including phenoxy) is 1. The summed E-state index contributed by atoms with van der Waals surface area (Å²) in [5.74, 6) is -0.721. The van der Waals surface area contributed by atoms with E-state index in [1.807, 2.05) is 6.92 Å². The maximum Gasteiger partial charge on any atom is 0.416 e. The van der Waals surface area contributed by atoms with Crippen molar-refractivity contribution >= 4 is 27.5 Å². The molecule has 0 saturated heterocycles. The van der Waals surface area contributed by atoms with Crippen molar-refractivity contribution in [3.8, 4) is 5.75 Å². The molecule has 0 aromatic heterocycles. The number of methoxy groups -OCH3 is 1. The number of hydrogen-bond donors (Lipinski definition) is 1. The van der Waals surface area contributed by atoms with E-state index in [0.29, 0.717) is 28.2 Å². The molecule has 0 heterocycles. The number of amides is 2. The molecule has 226 valence electrons. The Hall–Kier alpha value is -4.06. The van der Waals surface area contributed by atoms with Crippen LogP contribution in [0, 0.1) is 0 Å². The number of rotatable bonds is 13. The lowest BCUT2D eigenvalue weighted by Crippen LogP contribution is -2.51. The van der Waals surface area contributed by atoms with Gasteiger partial charge in [-0.2, -0.15) is 13.2 Å². The number of carbonyl (C=O) groups is 2. The fourth-order valence-electron chi connectivity index (χ4n) is 4.17. The zero-order chi connectivity index (χ0) is 30.9. The molecule has 0 saturated carbocycles. The summed E-state index contributed by atoms with van der Waals surface area (Å²) in [7, 11) is -3.01. The van der Waals surface area contributed by atoms with Crippen molar-refractivity contribution in [2.45, 2.75) is 50.3 Å². The summed E-state index contributed by atoms with van der Waals surface area (Å²) >= 11 is 0. The molecule has 3 aromatic carbocycles. The first-order chi connectivity index (χ1) is 19.9. The summed E-state index contributed by atoms with van der Waals surface area (Å²) in [6.07, 6.45) is -3.18. The van der Waals surface area contributed by atoms with E-state index in [1.165, 1.54) is 49.3 Å². The quantitative estimate of drug-likeness (QED) is 0.269. The smallest absolute Gasteiger partial charge is 0.416 e. The zero-order valence-electron chi connectivity index (χ0n) is 23.6. The van der Waals surface area contributed by atoms with Crippen LogP contribution in [-0.2, 0) is 32.3 Å². The van der Waals surface area contributed by atoms with E-state index < -0.39 is 46.2 Å². The van der Waals surface area contributed by atoms with Crippen molar-refractivity contribution in [2.24, 2.45) is 0 Å². The van der Waals surface area contributed by atoms with E-state index in [-0.39, 0.29) is 17.1 Å². The molecule has 0 aliphatic heterocycles. The van der Waals surface area contributed by atoms with Crippen molar-refractivity contribution in [3.63, 3.8) is 0 Å². The van der Waals surface area contributed by atoms with Crippen LogP contribution in [0.25, 0.3) is 0 Å². The molecule has 1 unspecified atom stereocenters. The van der Waals surface area contributed by atoms with Gasteiger partial charge in [-0.15, -0.1) is 0 Å². The maximum atomic E-state index is 13.9. The number of benzene rings is 3. The van der Waals surface area contributed by atoms with Gasteiger partial charge in [0.25, 0.3) is 10.0 Å². The maximum absolute atomic E-state index is 13.9. The van der Waals surface area contributed by atoms with Gasteiger partial charge in [-0.1, -0.05) is 49.7 Å². The van der Waals surface area contributed by atoms with Crippen molar-refractivity contribution in [1.82, 2.24) is 10.2 Å². The number of unbranched alkanes of at least 4 members (excludes halogenated alkanes) is 1. The summed E-state index contributed by atoms with van der Waals surface area (Å²) in [5, 5.41) is 2.78. The Labute approximate surface area is 244 Å². The predicted octanol–water partition coefficient (Wildman–Crippen LogP) is 5.24. The van der Waals surface area contributed by atoms with Gasteiger partial charge in [-0.3, -0.25) is 13.9 Å². The molecule has 3 aromatic rings. The van der Waals surface area contributed by atoms with Crippen molar-refractivity contribution < 1.29 is 35.9 Å². The Morgan fingerprint density at radius 1 is 0.976 bits per heavy atom. The van der Waals surface area contributed by atoms with Gasteiger partial charge in [0.1, 0.15) is 18.3 Å². The van der Waals surface area contributed by atoms with Gasteiger partial charge in [-0.05, 0) is 61.4 Å². The molecule has 1 atom stereocenters. The minimum absolute atomic E-state index is 0.0831. The summed E-state index contributed by atoms with van der Waals surface area (Å²) in [6, 6.07) is 16.7. The van der Waals surface area contributed by atoms with E-state index in [1.54, 1.807) is 30.3 Å². The SMILES string of the molecule is CCCCNC(=O)C(C)N(Cc1cccc(OC)c1)C(=O)CN(c1cccc(C(F)(F)F)c1)S(=O)(=O)c1ccccc1. The monoisotopic (exact) mass is 605 g/mol. The highest BCUT2D eigenvalue weighted by Crippen LogP contribution is 2.33. The second-order valence-electron chi connectivity index (χ2n) is 9.57. The molecule has 12 heteroatoms. The largest absolute Gasteiger partial charge is 0.497 e. The number of anilines is 1. The number of sulfonamides is 1. The van der Waals surface area contributed by atoms with Crippen LogP contribution in [0.5, 0.6) is 5.75 Å². The topological polar surface area (TPSA) is 96.0 Å². The van der Waals surface area contributed by atoms with Crippen LogP contribution < -0.4 is 14.4 Å². The van der Waals surface area contributed by atoms with Crippen LogP contribution >= 0.6 is 0 Å². The van der Waals surface area contributed by atoms with Gasteiger partial charge in [-0.25, -0.2) is 8.42 Å². The van der Waals surface area contributed by atoms with Gasteiger partial charge in [0, 0.05) is 13.1 Å². The Kier molecular flexibility index (Phi) is 11.0. The van der Waals surface area contributed by atoms with E-state index >= 15 is 0 Å². The molecule has 3 rings (SSSR count). The average molecular weight is 606 g/mol. The predicted molar refractivity (Wildman–Crippen MR) is 153 cm³/mol. The number of hydrogen-bond acceptors (Lipinski definition) is 5. The number of nitrogens with one attached hydrogen (secondary N) is 1. The zero-order valence-corrected chi connectivity index (χ0v) is 24.4. The third-order valence-corrected chi connectivity index (χ3v) is 8.34. The van der Waals surface area contributed by atoms with Crippen molar-refractivity contribution in [3.05, 3.63) is 90.0 Å². The fraction of sp³-hybridized carbons (Fsp3) is 0.333. The second-order valence-corrected chi connectivity index (χ2v) is 11.4. The van der Waals surface area contributed by atoms with E-state index in [9.17, 15) is 31.2 Å². The van der Waals surface area contributed by atoms with Crippen LogP contribution in [0.15, 0.2) is 83.8 Å². The van der Waals surface area contributed by atoms with Crippen molar-refractivity contribution in [1.29, 1.82) is 0 Å². The molecule has 0 bridgehead atoms. The lowest BCUT2D eigenvalue weighted by atomic mass is 10.1. The Morgan fingerprint density at radius 2 is 1.67 bits per heavy atom. The molecular weight excluding hydrogens is 571 g/mol. The summed E-state index contributed by atoms with van der Waals surface area (Å²) in [4.78, 5) is 27.9. The molecule has 0 aliphatic carbocycles. The molecule has 0 fully saturated rings. The van der Waals surface area contributed by atoms with E-state index in [4.69, 9.17) is 4.74 Å². The molecule has 2 amide bonds. The van der Waals surface area contributed by atoms with Gasteiger partial charge in [0.05, 0.1) is 23.3 Å². The van der Waals surface area contributed by atoms with E-state index in [0.717, 1.165) is 25.0 Å². The molecule has 0 spiro atoms. The standard InChI is InChI=1S/C30H34F3N3O5S/c1-4-5-17-34-29(38)22(2)35(20-23-11-9-14-26(18-23)41-3)28(37)21-36(42(39,40)27-15-7-6-8-16-27)25-13-10-12-24(19-25)30(31,32)33/h6-16,18-19,22H,4-5,17,20-21H2,1-3H3,(H,34,38). The van der Waals surface area contributed by atoms with Gasteiger partial charge >= 0.3 is 6.18 Å². The van der Waals surface area contributed by atoms with Gasteiger partial charge in [0.2, 0.25) is 11.8 Å². The third kappa shape index (κ3) is 8.25. The fourth-order valence-corrected chi connectivity index (χ4v) is 5.60. The minimum atomic E-state index is -4.74. The molecule has 1 N–H and O–H groups in total.